The molecule has 0 aromatic carbocycles. The van der Waals surface area contributed by atoms with Gasteiger partial charge in [0.25, 0.3) is 0 Å². The third-order valence-electron chi connectivity index (χ3n) is 1.94. The van der Waals surface area contributed by atoms with E-state index in [2.05, 4.69) is 9.97 Å². The fraction of sp³-hybridized carbons (Fsp3) is 0. The van der Waals surface area contributed by atoms with Gasteiger partial charge in [-0.15, -0.1) is 0 Å². The Labute approximate surface area is 100 Å². The van der Waals surface area contributed by atoms with E-state index >= 15 is 0 Å². The molecule has 4 nitrogen and oxygen atoms in total. The van der Waals surface area contributed by atoms with Crippen LogP contribution in [0, 0.1) is 0 Å². The van der Waals surface area contributed by atoms with E-state index < -0.39 is 0 Å². The lowest BCUT2D eigenvalue weighted by Gasteiger charge is -2.04. The fourth-order valence-corrected chi connectivity index (χ4v) is 1.62. The summed E-state index contributed by atoms with van der Waals surface area (Å²) in [6.07, 6.45) is 1.43. The maximum absolute atomic E-state index is 11.2. The van der Waals surface area contributed by atoms with Crippen LogP contribution >= 0.6 is 23.2 Å². The first-order valence-corrected chi connectivity index (χ1v) is 5.07. The predicted octanol–water partition coefficient (Wildman–Crippen LogP) is 2.45. The topological polar surface area (TPSA) is 66.0 Å². The zero-order valence-corrected chi connectivity index (χ0v) is 9.38. The van der Waals surface area contributed by atoms with Crippen LogP contribution < -0.4 is 5.56 Å². The van der Waals surface area contributed by atoms with Gasteiger partial charge in [0.05, 0.1) is 10.7 Å². The zero-order valence-electron chi connectivity index (χ0n) is 7.87. The Morgan fingerprint density at radius 1 is 1.31 bits per heavy atom. The van der Waals surface area contributed by atoms with Gasteiger partial charge in [-0.3, -0.25) is 9.78 Å². The monoisotopic (exact) mass is 256 g/mol. The number of aromatic hydroxyl groups is 1. The second-order valence-electron chi connectivity index (χ2n) is 3.07. The molecule has 0 saturated carbocycles. The minimum absolute atomic E-state index is 0.158. The first-order chi connectivity index (χ1) is 7.58. The molecule has 2 aromatic rings. The van der Waals surface area contributed by atoms with Crippen LogP contribution in [0.15, 0.2) is 29.2 Å². The molecule has 0 atom stereocenters. The highest BCUT2D eigenvalue weighted by molar-refractivity contribution is 6.32. The number of aromatic nitrogens is 2. The molecule has 0 aliphatic heterocycles. The minimum atomic E-state index is -0.372. The second-order valence-corrected chi connectivity index (χ2v) is 3.91. The highest BCUT2D eigenvalue weighted by atomic mass is 35.5. The van der Waals surface area contributed by atoms with E-state index in [0.717, 1.165) is 0 Å². The minimum Gasteiger partial charge on any atom is -0.504 e. The molecule has 0 aliphatic carbocycles. The summed E-state index contributed by atoms with van der Waals surface area (Å²) in [6.45, 7) is 0. The summed E-state index contributed by atoms with van der Waals surface area (Å²) >= 11 is 11.5. The van der Waals surface area contributed by atoms with Gasteiger partial charge < -0.3 is 10.1 Å². The van der Waals surface area contributed by atoms with Gasteiger partial charge in [0, 0.05) is 17.3 Å². The maximum atomic E-state index is 11.2. The molecule has 6 heteroatoms. The highest BCUT2D eigenvalue weighted by Crippen LogP contribution is 2.31. The van der Waals surface area contributed by atoms with Crippen molar-refractivity contribution in [2.24, 2.45) is 0 Å². The van der Waals surface area contributed by atoms with Crippen molar-refractivity contribution < 1.29 is 5.11 Å². The molecular weight excluding hydrogens is 251 g/mol. The van der Waals surface area contributed by atoms with Gasteiger partial charge in [-0.1, -0.05) is 23.2 Å². The average molecular weight is 257 g/mol. The van der Waals surface area contributed by atoms with Crippen molar-refractivity contribution in [2.45, 2.75) is 0 Å². The largest absolute Gasteiger partial charge is 0.504 e. The molecule has 0 unspecified atom stereocenters. The van der Waals surface area contributed by atoms with Crippen LogP contribution in [0.5, 0.6) is 5.75 Å². The van der Waals surface area contributed by atoms with Gasteiger partial charge in [-0.05, 0) is 12.1 Å². The van der Waals surface area contributed by atoms with Crippen molar-refractivity contribution >= 4 is 23.2 Å². The summed E-state index contributed by atoms with van der Waals surface area (Å²) in [5, 5.41) is 10.1. The van der Waals surface area contributed by atoms with E-state index in [0.29, 0.717) is 5.69 Å². The number of nitrogens with zero attached hydrogens (tertiary/aromatic N) is 1. The zero-order chi connectivity index (χ0) is 11.7. The molecule has 0 bridgehead atoms. The Kier molecular flexibility index (Phi) is 2.85. The van der Waals surface area contributed by atoms with Crippen LogP contribution in [0.2, 0.25) is 10.0 Å². The van der Waals surface area contributed by atoms with Gasteiger partial charge >= 0.3 is 0 Å². The normalized spacial score (nSPS) is 10.4. The smallest absolute Gasteiger partial charge is 0.249 e. The van der Waals surface area contributed by atoms with E-state index in [1.54, 1.807) is 0 Å². The average Bonchev–Trinajstić information content (AvgIpc) is 2.20. The van der Waals surface area contributed by atoms with Crippen molar-refractivity contribution in [3.63, 3.8) is 0 Å². The molecule has 0 aliphatic rings. The Balaban J connectivity index is 2.67. The summed E-state index contributed by atoms with van der Waals surface area (Å²) < 4.78 is 0. The Bertz CT molecular complexity index is 596. The van der Waals surface area contributed by atoms with Crippen LogP contribution in [-0.4, -0.2) is 15.1 Å². The van der Waals surface area contributed by atoms with Crippen LogP contribution in [0.4, 0.5) is 0 Å². The van der Waals surface area contributed by atoms with Crippen molar-refractivity contribution in [3.05, 3.63) is 44.8 Å². The summed E-state index contributed by atoms with van der Waals surface area (Å²) in [7, 11) is 0. The highest BCUT2D eigenvalue weighted by Gasteiger charge is 2.10. The second kappa shape index (κ2) is 4.15. The molecule has 2 heterocycles. The van der Waals surface area contributed by atoms with E-state index in [9.17, 15) is 9.90 Å². The van der Waals surface area contributed by atoms with Gasteiger partial charge in [0.2, 0.25) is 5.56 Å². The van der Waals surface area contributed by atoms with Gasteiger partial charge in [-0.25, -0.2) is 0 Å². The number of rotatable bonds is 1. The van der Waals surface area contributed by atoms with Gasteiger partial charge in [0.1, 0.15) is 5.69 Å². The quantitative estimate of drug-likeness (QED) is 0.824. The van der Waals surface area contributed by atoms with Crippen LogP contribution in [0.1, 0.15) is 0 Å². The van der Waals surface area contributed by atoms with Crippen LogP contribution in [-0.2, 0) is 0 Å². The third-order valence-corrected chi connectivity index (χ3v) is 2.46. The van der Waals surface area contributed by atoms with E-state index in [1.807, 2.05) is 0 Å². The molecule has 2 aromatic heterocycles. The lowest BCUT2D eigenvalue weighted by Crippen LogP contribution is -2.05. The number of nitrogens with one attached hydrogen (secondary N) is 1. The standard InChI is InChI=1S/C10H6Cl2N2O2/c11-5-3-7(14-8(15)4-5)9-10(16)6(12)1-2-13-9/h1-4,16H,(H,14,15). The first-order valence-electron chi connectivity index (χ1n) is 4.31. The summed E-state index contributed by atoms with van der Waals surface area (Å²) in [6, 6.07) is 4.16. The predicted molar refractivity (Wildman–Crippen MR) is 62.0 cm³/mol. The van der Waals surface area contributed by atoms with Gasteiger partial charge in [0.15, 0.2) is 5.75 Å². The number of hydrogen-bond donors (Lipinski definition) is 2. The summed E-state index contributed by atoms with van der Waals surface area (Å²) in [5.74, 6) is -0.193. The number of aromatic amines is 1. The third kappa shape index (κ3) is 2.03. The molecule has 2 N–H and O–H groups in total. The molecule has 0 fully saturated rings. The molecule has 16 heavy (non-hydrogen) atoms. The van der Waals surface area contributed by atoms with Crippen molar-refractivity contribution in [1.82, 2.24) is 9.97 Å². The molecule has 0 spiro atoms. The lowest BCUT2D eigenvalue weighted by atomic mass is 10.2. The van der Waals surface area contributed by atoms with Gasteiger partial charge in [-0.2, -0.15) is 0 Å². The van der Waals surface area contributed by atoms with E-state index in [-0.39, 0.29) is 27.0 Å². The van der Waals surface area contributed by atoms with Crippen molar-refractivity contribution in [1.29, 1.82) is 0 Å². The summed E-state index contributed by atoms with van der Waals surface area (Å²) in [5.41, 5.74) is 0.133. The maximum Gasteiger partial charge on any atom is 0.249 e. The number of H-pyrrole nitrogens is 1. The van der Waals surface area contributed by atoms with Crippen LogP contribution in [0.3, 0.4) is 0 Å². The van der Waals surface area contributed by atoms with Crippen LogP contribution in [0.25, 0.3) is 11.4 Å². The molecule has 0 amide bonds. The SMILES string of the molecule is O=c1cc(Cl)cc(-c2nccc(Cl)c2O)[nH]1. The molecular formula is C10H6Cl2N2O2. The number of halogens is 2. The number of hydrogen-bond acceptors (Lipinski definition) is 3. The Morgan fingerprint density at radius 3 is 2.75 bits per heavy atom. The molecule has 82 valence electrons. The Hall–Kier alpha value is -1.52. The van der Waals surface area contributed by atoms with E-state index in [4.69, 9.17) is 23.2 Å². The Morgan fingerprint density at radius 2 is 2.06 bits per heavy atom. The van der Waals surface area contributed by atoms with Crippen molar-refractivity contribution in [3.8, 4) is 17.1 Å². The first kappa shape index (κ1) is 11.0. The molecule has 0 saturated heterocycles. The fourth-order valence-electron chi connectivity index (χ4n) is 1.26. The lowest BCUT2D eigenvalue weighted by molar-refractivity contribution is 0.475. The van der Waals surface area contributed by atoms with E-state index in [1.165, 1.54) is 24.4 Å². The molecule has 2 rings (SSSR count). The molecule has 0 radical (unpaired) electrons. The van der Waals surface area contributed by atoms with Crippen molar-refractivity contribution in [2.75, 3.05) is 0 Å². The number of pyridine rings is 2. The summed E-state index contributed by atoms with van der Waals surface area (Å²) in [4.78, 5) is 17.6.